The predicted octanol–water partition coefficient (Wildman–Crippen LogP) is 1.93. The molecule has 2 aliphatic heterocycles. The van der Waals surface area contributed by atoms with E-state index < -0.39 is 6.10 Å². The molecule has 0 unspecified atom stereocenters. The summed E-state index contributed by atoms with van der Waals surface area (Å²) in [6, 6.07) is 3.81. The number of rotatable bonds is 6. The zero-order valence-electron chi connectivity index (χ0n) is 17.8. The van der Waals surface area contributed by atoms with Crippen molar-refractivity contribution < 1.29 is 24.2 Å². The second kappa shape index (κ2) is 8.89. The number of aliphatic hydroxyl groups is 1. The molecule has 1 N–H and O–H groups in total. The van der Waals surface area contributed by atoms with Crippen molar-refractivity contribution in [2.75, 3.05) is 38.7 Å². The number of carbonyl (C=O) groups is 2. The van der Waals surface area contributed by atoms with Crippen LogP contribution in [0.5, 0.6) is 6.01 Å². The molecular weight excluding hydrogens is 420 g/mol. The molecule has 0 radical (unpaired) electrons. The Morgan fingerprint density at radius 2 is 2.16 bits per heavy atom. The number of esters is 1. The first-order valence-electron chi connectivity index (χ1n) is 10.2. The molecule has 2 aromatic rings. The molecular formula is C21H26N4O5S. The van der Waals surface area contributed by atoms with E-state index in [1.165, 1.54) is 7.11 Å². The van der Waals surface area contributed by atoms with E-state index in [1.807, 2.05) is 13.0 Å². The quantitative estimate of drug-likeness (QED) is 0.671. The monoisotopic (exact) mass is 446 g/mol. The molecule has 10 heteroatoms. The Hall–Kier alpha value is -2.56. The van der Waals surface area contributed by atoms with Crippen LogP contribution in [-0.2, 0) is 16.1 Å². The molecule has 3 heterocycles. The third-order valence-corrected chi connectivity index (χ3v) is 6.91. The summed E-state index contributed by atoms with van der Waals surface area (Å²) in [5, 5.41) is 11.3. The molecule has 0 aliphatic carbocycles. The van der Waals surface area contributed by atoms with Gasteiger partial charge >= 0.3 is 12.0 Å². The smallest absolute Gasteiger partial charge is 0.338 e. The van der Waals surface area contributed by atoms with E-state index in [0.717, 1.165) is 54.2 Å². The maximum Gasteiger partial charge on any atom is 0.338 e. The zero-order chi connectivity index (χ0) is 22.1. The number of benzene rings is 1. The maximum atomic E-state index is 12.8. The lowest BCUT2D eigenvalue weighted by molar-refractivity contribution is -0.123. The van der Waals surface area contributed by atoms with E-state index in [0.29, 0.717) is 17.2 Å². The van der Waals surface area contributed by atoms with Gasteiger partial charge in [0.05, 0.1) is 18.8 Å². The number of piperidine rings is 1. The number of fused-ring (bicyclic) bond motifs is 1. The van der Waals surface area contributed by atoms with Crippen molar-refractivity contribution in [1.82, 2.24) is 14.3 Å². The topological polar surface area (TPSA) is 105 Å². The van der Waals surface area contributed by atoms with Crippen LogP contribution < -0.4 is 9.64 Å². The molecule has 1 saturated heterocycles. The molecule has 1 atom stereocenters. The molecule has 4 rings (SSSR count). The SMILES string of the molecule is COc1nsc(N(C)C(=O)C2CCN(C[C@H](O)c3ccc4c(c3C)COC4=O)CC2)n1. The average Bonchev–Trinajstić information content (AvgIpc) is 3.41. The van der Waals surface area contributed by atoms with Gasteiger partial charge in [0.15, 0.2) is 0 Å². The third-order valence-electron chi connectivity index (χ3n) is 6.13. The summed E-state index contributed by atoms with van der Waals surface area (Å²) in [7, 11) is 3.21. The fourth-order valence-corrected chi connectivity index (χ4v) is 4.83. The number of amides is 1. The number of carbonyl (C=O) groups excluding carboxylic acids is 2. The number of hydrogen-bond acceptors (Lipinski definition) is 9. The number of aliphatic hydroxyl groups excluding tert-OH is 1. The van der Waals surface area contributed by atoms with Gasteiger partial charge in [-0.25, -0.2) is 4.79 Å². The number of ether oxygens (including phenoxy) is 2. The fourth-order valence-electron chi connectivity index (χ4n) is 4.22. The highest BCUT2D eigenvalue weighted by Gasteiger charge is 2.31. The summed E-state index contributed by atoms with van der Waals surface area (Å²) >= 11 is 1.14. The Morgan fingerprint density at radius 3 is 2.84 bits per heavy atom. The highest BCUT2D eigenvalue weighted by Crippen LogP contribution is 2.30. The van der Waals surface area contributed by atoms with Crippen molar-refractivity contribution in [3.05, 3.63) is 34.4 Å². The van der Waals surface area contributed by atoms with Crippen molar-refractivity contribution in [2.24, 2.45) is 5.92 Å². The van der Waals surface area contributed by atoms with Gasteiger partial charge in [0.2, 0.25) is 11.0 Å². The molecule has 9 nitrogen and oxygen atoms in total. The number of anilines is 1. The van der Waals surface area contributed by atoms with Crippen molar-refractivity contribution in [3.8, 4) is 6.01 Å². The number of aromatic nitrogens is 2. The average molecular weight is 447 g/mol. The van der Waals surface area contributed by atoms with E-state index in [9.17, 15) is 14.7 Å². The third kappa shape index (κ3) is 4.28. The Kier molecular flexibility index (Phi) is 6.22. The molecule has 2 aliphatic rings. The van der Waals surface area contributed by atoms with Crippen LogP contribution >= 0.6 is 11.5 Å². The largest absolute Gasteiger partial charge is 0.466 e. The van der Waals surface area contributed by atoms with Crippen LogP contribution in [0.2, 0.25) is 0 Å². The van der Waals surface area contributed by atoms with Crippen LogP contribution in [0.25, 0.3) is 0 Å². The first-order chi connectivity index (χ1) is 14.9. The maximum absolute atomic E-state index is 12.8. The van der Waals surface area contributed by atoms with E-state index in [-0.39, 0.29) is 30.4 Å². The lowest BCUT2D eigenvalue weighted by atomic mass is 9.93. The summed E-state index contributed by atoms with van der Waals surface area (Å²) in [5.41, 5.74) is 3.18. The van der Waals surface area contributed by atoms with Gasteiger partial charge < -0.3 is 19.5 Å². The minimum absolute atomic E-state index is 0.0261. The molecule has 1 aromatic carbocycles. The first kappa shape index (κ1) is 21.7. The standard InChI is InChI=1S/C21H26N4O5S/c1-12-14(4-5-15-16(12)11-30-19(15)28)17(26)10-25-8-6-13(7-9-25)18(27)24(2)21-22-20(29-3)23-31-21/h4-5,13,17,26H,6-11H2,1-3H3/t17-/m0/s1. The van der Waals surface area contributed by atoms with Crippen LogP contribution in [0.4, 0.5) is 5.13 Å². The molecule has 1 amide bonds. The normalized spacial score (nSPS) is 17.9. The van der Waals surface area contributed by atoms with Crippen LogP contribution in [0.3, 0.4) is 0 Å². The number of hydrogen-bond donors (Lipinski definition) is 1. The Bertz CT molecular complexity index is 986. The van der Waals surface area contributed by atoms with Crippen molar-refractivity contribution >= 4 is 28.5 Å². The predicted molar refractivity (Wildman–Crippen MR) is 114 cm³/mol. The van der Waals surface area contributed by atoms with Crippen LogP contribution in [-0.4, -0.2) is 65.0 Å². The molecule has 1 fully saturated rings. The minimum Gasteiger partial charge on any atom is -0.466 e. The van der Waals surface area contributed by atoms with Gasteiger partial charge in [-0.1, -0.05) is 6.07 Å². The van der Waals surface area contributed by atoms with Crippen molar-refractivity contribution in [2.45, 2.75) is 32.5 Å². The number of nitrogens with zero attached hydrogens (tertiary/aromatic N) is 4. The second-order valence-electron chi connectivity index (χ2n) is 7.93. The Labute approximate surface area is 184 Å². The van der Waals surface area contributed by atoms with Gasteiger partial charge in [-0.2, -0.15) is 4.98 Å². The van der Waals surface area contributed by atoms with Gasteiger partial charge in [-0.15, -0.1) is 4.37 Å². The van der Waals surface area contributed by atoms with Gasteiger partial charge in [0.1, 0.15) is 6.61 Å². The molecule has 0 bridgehead atoms. The van der Waals surface area contributed by atoms with Gasteiger partial charge in [-0.3, -0.25) is 9.69 Å². The fraction of sp³-hybridized carbons (Fsp3) is 0.524. The second-order valence-corrected chi connectivity index (χ2v) is 8.66. The molecule has 1 aromatic heterocycles. The summed E-state index contributed by atoms with van der Waals surface area (Å²) in [4.78, 5) is 32.5. The molecule has 166 valence electrons. The minimum atomic E-state index is -0.662. The lowest BCUT2D eigenvalue weighted by Crippen LogP contribution is -2.42. The summed E-state index contributed by atoms with van der Waals surface area (Å²) < 4.78 is 14.1. The van der Waals surface area contributed by atoms with E-state index in [1.54, 1.807) is 18.0 Å². The van der Waals surface area contributed by atoms with E-state index in [4.69, 9.17) is 9.47 Å². The van der Waals surface area contributed by atoms with Crippen LogP contribution in [0.15, 0.2) is 12.1 Å². The van der Waals surface area contributed by atoms with Gasteiger partial charge in [0, 0.05) is 36.6 Å². The molecule has 0 saturated carbocycles. The number of methoxy groups -OCH3 is 1. The van der Waals surface area contributed by atoms with Gasteiger partial charge in [0.25, 0.3) is 0 Å². The summed E-state index contributed by atoms with van der Waals surface area (Å²) in [6.45, 7) is 4.13. The van der Waals surface area contributed by atoms with Crippen LogP contribution in [0, 0.1) is 12.8 Å². The first-order valence-corrected chi connectivity index (χ1v) is 11.0. The number of likely N-dealkylation sites (tertiary alicyclic amines) is 1. The lowest BCUT2D eigenvalue weighted by Gasteiger charge is -2.34. The van der Waals surface area contributed by atoms with Crippen LogP contribution in [0.1, 0.15) is 46.0 Å². The van der Waals surface area contributed by atoms with E-state index >= 15 is 0 Å². The molecule has 0 spiro atoms. The highest BCUT2D eigenvalue weighted by atomic mass is 32.1. The zero-order valence-corrected chi connectivity index (χ0v) is 18.6. The highest BCUT2D eigenvalue weighted by molar-refractivity contribution is 7.10. The van der Waals surface area contributed by atoms with Gasteiger partial charge in [-0.05, 0) is 50.0 Å². The Morgan fingerprint density at radius 1 is 1.42 bits per heavy atom. The summed E-state index contributed by atoms with van der Waals surface area (Å²) in [5.74, 6) is -0.362. The van der Waals surface area contributed by atoms with Crippen molar-refractivity contribution in [3.63, 3.8) is 0 Å². The number of cyclic esters (lactones) is 1. The number of β-amino-alcohol motifs (C(OH)–C–C–N with tert-alkyl or cyclic N) is 1. The summed E-state index contributed by atoms with van der Waals surface area (Å²) in [6.07, 6.45) is 0.777. The Balaban J connectivity index is 1.33. The molecule has 31 heavy (non-hydrogen) atoms. The van der Waals surface area contributed by atoms with E-state index in [2.05, 4.69) is 14.3 Å². The van der Waals surface area contributed by atoms with Crippen molar-refractivity contribution in [1.29, 1.82) is 0 Å².